The van der Waals surface area contributed by atoms with Crippen molar-refractivity contribution in [3.63, 3.8) is 0 Å². The highest BCUT2D eigenvalue weighted by atomic mass is 15.0. The molecule has 1 heteroatoms. The lowest BCUT2D eigenvalue weighted by molar-refractivity contribution is 0.767. The quantitative estimate of drug-likeness (QED) is 0.202. The van der Waals surface area contributed by atoms with Crippen LogP contribution in [0, 0.1) is 0 Å². The van der Waals surface area contributed by atoms with Gasteiger partial charge in [0, 0.05) is 16.5 Å². The maximum atomic E-state index is 2.43. The first-order valence-electron chi connectivity index (χ1n) is 15.3. The minimum absolute atomic E-state index is 0.479. The topological polar surface area (TPSA) is 4.93 Å². The van der Waals surface area contributed by atoms with Gasteiger partial charge >= 0.3 is 0 Å². The van der Waals surface area contributed by atoms with Crippen molar-refractivity contribution in [2.45, 2.75) is 5.41 Å². The number of hydrogen-bond donors (Lipinski definition) is 0. The number of hydrogen-bond acceptors (Lipinski definition) is 0. The Kier molecular flexibility index (Phi) is 5.48. The van der Waals surface area contributed by atoms with Gasteiger partial charge in [-0.3, -0.25) is 0 Å². The minimum Gasteiger partial charge on any atom is -0.309 e. The van der Waals surface area contributed by atoms with Gasteiger partial charge in [0.2, 0.25) is 0 Å². The second kappa shape index (κ2) is 9.69. The average Bonchev–Trinajstić information content (AvgIpc) is 3.60. The lowest BCUT2D eigenvalue weighted by Gasteiger charge is -2.34. The van der Waals surface area contributed by atoms with Gasteiger partial charge in [-0.05, 0) is 74.8 Å². The predicted octanol–water partition coefficient (Wildman–Crippen LogP) is 10.8. The predicted molar refractivity (Wildman–Crippen MR) is 184 cm³/mol. The third-order valence-electron chi connectivity index (χ3n) is 9.47. The van der Waals surface area contributed by atoms with Gasteiger partial charge in [0.25, 0.3) is 0 Å². The number of aromatic nitrogens is 1. The molecule has 0 bridgehead atoms. The van der Waals surface area contributed by atoms with Crippen molar-refractivity contribution in [2.75, 3.05) is 0 Å². The molecule has 0 N–H and O–H groups in total. The molecule has 0 radical (unpaired) electrons. The number of benzene rings is 7. The van der Waals surface area contributed by atoms with Crippen LogP contribution >= 0.6 is 0 Å². The maximum absolute atomic E-state index is 2.43. The van der Waals surface area contributed by atoms with Crippen molar-refractivity contribution < 1.29 is 0 Å². The summed E-state index contributed by atoms with van der Waals surface area (Å²) in [6.45, 7) is 0. The molecule has 9 rings (SSSR count). The highest BCUT2D eigenvalue weighted by molar-refractivity contribution is 6.09. The zero-order valence-electron chi connectivity index (χ0n) is 24.2. The molecule has 1 nitrogen and oxygen atoms in total. The van der Waals surface area contributed by atoms with Gasteiger partial charge in [0.15, 0.2) is 0 Å². The fraction of sp³-hybridized carbons (Fsp3) is 0.0233. The Morgan fingerprint density at radius 3 is 1.52 bits per heavy atom. The molecule has 1 aromatic heterocycles. The molecular formula is C43H29N. The highest BCUT2D eigenvalue weighted by Gasteiger charge is 2.46. The molecule has 7 aromatic carbocycles. The summed E-state index contributed by atoms with van der Waals surface area (Å²) in [5.74, 6) is 0. The zero-order chi connectivity index (χ0) is 29.1. The van der Waals surface area contributed by atoms with Crippen molar-refractivity contribution in [1.82, 2.24) is 4.57 Å². The molecule has 1 aliphatic carbocycles. The van der Waals surface area contributed by atoms with Crippen LogP contribution in [-0.2, 0) is 5.41 Å². The van der Waals surface area contributed by atoms with Crippen LogP contribution in [0.3, 0.4) is 0 Å². The summed E-state index contributed by atoms with van der Waals surface area (Å²) in [6, 6.07) is 64.6. The van der Waals surface area contributed by atoms with Crippen LogP contribution in [0.1, 0.15) is 22.3 Å². The fourth-order valence-electron chi connectivity index (χ4n) is 7.67. The highest BCUT2D eigenvalue weighted by Crippen LogP contribution is 2.56. The Balaban J connectivity index is 1.37. The molecule has 0 saturated carbocycles. The summed E-state index contributed by atoms with van der Waals surface area (Å²) in [5.41, 5.74) is 13.4. The van der Waals surface area contributed by atoms with E-state index in [-0.39, 0.29) is 0 Å². The van der Waals surface area contributed by atoms with Crippen LogP contribution in [0.5, 0.6) is 0 Å². The van der Waals surface area contributed by atoms with Gasteiger partial charge < -0.3 is 4.57 Å². The summed E-state index contributed by atoms with van der Waals surface area (Å²) in [4.78, 5) is 0. The van der Waals surface area contributed by atoms with E-state index < -0.39 is 5.41 Å². The van der Waals surface area contributed by atoms with Crippen molar-refractivity contribution >= 4 is 21.8 Å². The first kappa shape index (κ1) is 24.9. The Morgan fingerprint density at radius 2 is 0.864 bits per heavy atom. The molecule has 0 fully saturated rings. The van der Waals surface area contributed by atoms with Crippen LogP contribution in [0.25, 0.3) is 49.7 Å². The number of fused-ring (bicyclic) bond motifs is 6. The van der Waals surface area contributed by atoms with E-state index in [9.17, 15) is 0 Å². The summed E-state index contributed by atoms with van der Waals surface area (Å²) >= 11 is 0. The fourth-order valence-corrected chi connectivity index (χ4v) is 7.67. The summed E-state index contributed by atoms with van der Waals surface area (Å²) in [5, 5.41) is 2.55. The van der Waals surface area contributed by atoms with E-state index >= 15 is 0 Å². The molecule has 8 aromatic rings. The Morgan fingerprint density at radius 1 is 0.364 bits per heavy atom. The summed E-state index contributed by atoms with van der Waals surface area (Å²) < 4.78 is 2.43. The van der Waals surface area contributed by atoms with Crippen molar-refractivity contribution in [3.05, 3.63) is 198 Å². The third-order valence-corrected chi connectivity index (χ3v) is 9.47. The average molecular weight is 560 g/mol. The summed E-state index contributed by atoms with van der Waals surface area (Å²) in [6.07, 6.45) is 0. The lowest BCUT2D eigenvalue weighted by atomic mass is 9.67. The molecule has 0 spiro atoms. The molecule has 1 aliphatic rings. The van der Waals surface area contributed by atoms with Gasteiger partial charge in [0.1, 0.15) is 0 Å². The first-order chi connectivity index (χ1) is 21.8. The van der Waals surface area contributed by atoms with E-state index in [0.29, 0.717) is 0 Å². The molecule has 0 atom stereocenters. The van der Waals surface area contributed by atoms with E-state index in [1.165, 1.54) is 72.0 Å². The Labute approximate surface area is 257 Å². The monoisotopic (exact) mass is 559 g/mol. The van der Waals surface area contributed by atoms with Gasteiger partial charge in [-0.1, -0.05) is 146 Å². The maximum Gasteiger partial charge on any atom is 0.0714 e. The second-order valence-corrected chi connectivity index (χ2v) is 11.7. The number of para-hydroxylation sites is 2. The standard InChI is InChI=1S/C43H29N/c1-2-14-30(15-3-1)31-16-12-17-32(28-31)43(39-24-8-4-20-35(39)36-21-5-9-25-40(36)43)33-18-13-19-34(29-33)44-41-26-10-6-22-37(41)38-23-7-11-27-42(38)44/h1-29H. The van der Waals surface area contributed by atoms with Gasteiger partial charge in [0.05, 0.1) is 16.4 Å². The van der Waals surface area contributed by atoms with Crippen molar-refractivity contribution in [2.24, 2.45) is 0 Å². The van der Waals surface area contributed by atoms with E-state index in [1.807, 2.05) is 0 Å². The number of nitrogens with zero attached hydrogens (tertiary/aromatic N) is 1. The van der Waals surface area contributed by atoms with E-state index in [2.05, 4.69) is 180 Å². The smallest absolute Gasteiger partial charge is 0.0714 e. The minimum atomic E-state index is -0.479. The van der Waals surface area contributed by atoms with E-state index in [1.54, 1.807) is 0 Å². The van der Waals surface area contributed by atoms with E-state index in [0.717, 1.165) is 0 Å². The zero-order valence-corrected chi connectivity index (χ0v) is 24.2. The third kappa shape index (κ3) is 3.47. The molecule has 1 heterocycles. The van der Waals surface area contributed by atoms with Crippen molar-refractivity contribution in [3.8, 4) is 27.9 Å². The lowest BCUT2D eigenvalue weighted by Crippen LogP contribution is -2.28. The summed E-state index contributed by atoms with van der Waals surface area (Å²) in [7, 11) is 0. The molecule has 0 saturated heterocycles. The normalized spacial score (nSPS) is 13.2. The van der Waals surface area contributed by atoms with Gasteiger partial charge in [-0.2, -0.15) is 0 Å². The largest absolute Gasteiger partial charge is 0.309 e. The van der Waals surface area contributed by atoms with Crippen LogP contribution in [0.4, 0.5) is 0 Å². The SMILES string of the molecule is c1ccc(-c2cccc(C3(c4cccc(-n5c6ccccc6c6ccccc65)c4)c4ccccc4-c4ccccc43)c2)cc1. The van der Waals surface area contributed by atoms with Crippen LogP contribution in [0.15, 0.2) is 176 Å². The van der Waals surface area contributed by atoms with Crippen LogP contribution in [-0.4, -0.2) is 4.57 Å². The molecule has 0 unspecified atom stereocenters. The number of rotatable bonds is 4. The Bertz CT molecular complexity index is 2240. The Hall–Kier alpha value is -5.66. The molecule has 44 heavy (non-hydrogen) atoms. The second-order valence-electron chi connectivity index (χ2n) is 11.7. The molecular weight excluding hydrogens is 530 g/mol. The van der Waals surface area contributed by atoms with Crippen molar-refractivity contribution in [1.29, 1.82) is 0 Å². The first-order valence-corrected chi connectivity index (χ1v) is 15.3. The van der Waals surface area contributed by atoms with Crippen LogP contribution in [0.2, 0.25) is 0 Å². The van der Waals surface area contributed by atoms with Gasteiger partial charge in [-0.15, -0.1) is 0 Å². The van der Waals surface area contributed by atoms with Gasteiger partial charge in [-0.25, -0.2) is 0 Å². The molecule has 0 amide bonds. The molecule has 0 aliphatic heterocycles. The van der Waals surface area contributed by atoms with E-state index in [4.69, 9.17) is 0 Å². The molecule has 206 valence electrons. The van der Waals surface area contributed by atoms with Crippen LogP contribution < -0.4 is 0 Å².